The maximum atomic E-state index is 12.4. The van der Waals surface area contributed by atoms with Crippen molar-refractivity contribution in [1.82, 2.24) is 4.90 Å². The molecule has 6 heteroatoms. The van der Waals surface area contributed by atoms with E-state index in [4.69, 9.17) is 10.00 Å². The summed E-state index contributed by atoms with van der Waals surface area (Å²) in [6.07, 6.45) is -1.01. The molecule has 0 aromatic heterocycles. The van der Waals surface area contributed by atoms with Crippen LogP contribution in [0.15, 0.2) is 72.8 Å². The first kappa shape index (κ1) is 19.4. The number of carbonyl (C=O) groups excluding carboxylic acids is 2. The summed E-state index contributed by atoms with van der Waals surface area (Å²) in [4.78, 5) is 25.8. The smallest absolute Gasteiger partial charge is 0.261 e. The fourth-order valence-electron chi connectivity index (χ4n) is 3.34. The van der Waals surface area contributed by atoms with Crippen molar-refractivity contribution in [2.24, 2.45) is 0 Å². The Balaban J connectivity index is 1.34. The van der Waals surface area contributed by atoms with Gasteiger partial charge in [-0.15, -0.1) is 0 Å². The number of hydrogen-bond donors (Lipinski definition) is 1. The number of carbonyl (C=O) groups is 2. The summed E-state index contributed by atoms with van der Waals surface area (Å²) in [5.74, 6) is -0.239. The number of fused-ring (bicyclic) bond motifs is 1. The van der Waals surface area contributed by atoms with Crippen molar-refractivity contribution in [3.63, 3.8) is 0 Å². The normalized spacial score (nSPS) is 13.7. The minimum atomic E-state index is -1.01. The summed E-state index contributed by atoms with van der Waals surface area (Å²) in [7, 11) is 0. The van der Waals surface area contributed by atoms with Gasteiger partial charge in [-0.05, 0) is 47.5 Å². The Morgan fingerprint density at radius 3 is 1.93 bits per heavy atom. The number of nitrogens with zero attached hydrogens (tertiary/aromatic N) is 2. The van der Waals surface area contributed by atoms with Crippen LogP contribution in [0.2, 0.25) is 0 Å². The van der Waals surface area contributed by atoms with E-state index in [1.807, 2.05) is 24.3 Å². The number of hydrogen-bond acceptors (Lipinski definition) is 5. The number of rotatable bonds is 6. The lowest BCUT2D eigenvalue weighted by Gasteiger charge is -2.19. The zero-order valence-electron chi connectivity index (χ0n) is 16.0. The fraction of sp³-hybridized carbons (Fsp3) is 0.125. The van der Waals surface area contributed by atoms with Gasteiger partial charge in [-0.2, -0.15) is 5.26 Å². The number of ether oxygens (including phenoxy) is 1. The Bertz CT molecular complexity index is 1100. The highest BCUT2D eigenvalue weighted by molar-refractivity contribution is 6.21. The van der Waals surface area contributed by atoms with Crippen LogP contribution >= 0.6 is 0 Å². The van der Waals surface area contributed by atoms with Crippen molar-refractivity contribution in [2.75, 3.05) is 13.2 Å². The maximum Gasteiger partial charge on any atom is 0.261 e. The van der Waals surface area contributed by atoms with Gasteiger partial charge in [0, 0.05) is 0 Å². The molecule has 1 heterocycles. The van der Waals surface area contributed by atoms with Gasteiger partial charge in [-0.1, -0.05) is 36.4 Å². The van der Waals surface area contributed by atoms with E-state index in [9.17, 15) is 14.7 Å². The summed E-state index contributed by atoms with van der Waals surface area (Å²) in [6, 6.07) is 23.3. The van der Waals surface area contributed by atoms with Gasteiger partial charge in [0.25, 0.3) is 11.8 Å². The molecule has 148 valence electrons. The molecule has 0 radical (unpaired) electrons. The summed E-state index contributed by atoms with van der Waals surface area (Å²) in [5, 5.41) is 19.1. The molecule has 1 atom stereocenters. The number of imide groups is 1. The Hall–Kier alpha value is -3.95. The van der Waals surface area contributed by atoms with Gasteiger partial charge in [-0.3, -0.25) is 14.5 Å². The Kier molecular flexibility index (Phi) is 5.29. The molecule has 3 aromatic carbocycles. The number of aliphatic hydroxyl groups is 1. The summed E-state index contributed by atoms with van der Waals surface area (Å²) in [6.45, 7) is -0.181. The van der Waals surface area contributed by atoms with E-state index in [-0.39, 0.29) is 13.2 Å². The minimum absolute atomic E-state index is 0.0520. The Labute approximate surface area is 173 Å². The molecule has 0 saturated carbocycles. The third kappa shape index (κ3) is 3.79. The number of nitriles is 1. The lowest BCUT2D eigenvalue weighted by Crippen LogP contribution is -2.39. The first-order valence-corrected chi connectivity index (χ1v) is 9.43. The number of amides is 2. The van der Waals surface area contributed by atoms with Crippen molar-refractivity contribution < 1.29 is 19.4 Å². The average Bonchev–Trinajstić information content (AvgIpc) is 3.03. The molecule has 0 bridgehead atoms. The van der Waals surface area contributed by atoms with Crippen molar-refractivity contribution >= 4 is 11.8 Å². The van der Waals surface area contributed by atoms with Gasteiger partial charge >= 0.3 is 0 Å². The van der Waals surface area contributed by atoms with Gasteiger partial charge in [0.1, 0.15) is 18.5 Å². The van der Waals surface area contributed by atoms with Gasteiger partial charge in [0.2, 0.25) is 0 Å². The van der Waals surface area contributed by atoms with E-state index in [1.165, 1.54) is 0 Å². The van der Waals surface area contributed by atoms with Crippen molar-refractivity contribution in [3.8, 4) is 22.9 Å². The first-order chi connectivity index (χ1) is 14.6. The molecule has 3 aromatic rings. The third-order valence-electron chi connectivity index (χ3n) is 4.92. The molecular formula is C24H18N2O4. The molecule has 0 fully saturated rings. The second kappa shape index (κ2) is 8.19. The third-order valence-corrected chi connectivity index (χ3v) is 4.92. The molecule has 1 N–H and O–H groups in total. The second-order valence-corrected chi connectivity index (χ2v) is 6.94. The second-order valence-electron chi connectivity index (χ2n) is 6.94. The van der Waals surface area contributed by atoms with E-state index in [1.54, 1.807) is 48.5 Å². The van der Waals surface area contributed by atoms with E-state index in [2.05, 4.69) is 6.07 Å². The van der Waals surface area contributed by atoms with Crippen LogP contribution in [0.5, 0.6) is 5.75 Å². The largest absolute Gasteiger partial charge is 0.491 e. The predicted octanol–water partition coefficient (Wildman–Crippen LogP) is 3.26. The van der Waals surface area contributed by atoms with E-state index in [0.29, 0.717) is 22.4 Å². The Morgan fingerprint density at radius 2 is 1.40 bits per heavy atom. The van der Waals surface area contributed by atoms with Crippen molar-refractivity contribution in [1.29, 1.82) is 5.26 Å². The van der Waals surface area contributed by atoms with Crippen LogP contribution in [0.3, 0.4) is 0 Å². The Morgan fingerprint density at radius 1 is 0.867 bits per heavy atom. The highest BCUT2D eigenvalue weighted by atomic mass is 16.5. The summed E-state index contributed by atoms with van der Waals surface area (Å²) in [5.41, 5.74) is 3.26. The number of β-amino-alcohol motifs (C(OH)–C–C–N with tert-alkyl or cyclic N) is 1. The predicted molar refractivity (Wildman–Crippen MR) is 110 cm³/mol. The van der Waals surface area contributed by atoms with Crippen molar-refractivity contribution in [3.05, 3.63) is 89.5 Å². The highest BCUT2D eigenvalue weighted by Crippen LogP contribution is 2.24. The molecule has 1 aliphatic rings. The van der Waals surface area contributed by atoms with Gasteiger partial charge in [0.05, 0.1) is 29.3 Å². The quantitative estimate of drug-likeness (QED) is 0.644. The van der Waals surface area contributed by atoms with Gasteiger partial charge in [-0.25, -0.2) is 0 Å². The molecule has 0 aliphatic carbocycles. The number of benzene rings is 3. The van der Waals surface area contributed by atoms with E-state index < -0.39 is 17.9 Å². The lowest BCUT2D eigenvalue weighted by atomic mass is 10.0. The van der Waals surface area contributed by atoms with Crippen LogP contribution < -0.4 is 4.74 Å². The molecule has 0 unspecified atom stereocenters. The lowest BCUT2D eigenvalue weighted by molar-refractivity contribution is 0.0457. The van der Waals surface area contributed by atoms with Crippen LogP contribution in [0.1, 0.15) is 26.3 Å². The molecular weight excluding hydrogens is 380 g/mol. The SMILES string of the molecule is N#Cc1ccc(-c2ccc(OC[C@@H](O)CN3C(=O)c4ccccc4C3=O)cc2)cc1. The molecule has 0 saturated heterocycles. The fourth-order valence-corrected chi connectivity index (χ4v) is 3.34. The van der Waals surface area contributed by atoms with E-state index in [0.717, 1.165) is 16.0 Å². The minimum Gasteiger partial charge on any atom is -0.491 e. The maximum absolute atomic E-state index is 12.4. The van der Waals surface area contributed by atoms with Crippen LogP contribution in [0, 0.1) is 11.3 Å². The standard InChI is InChI=1S/C24H18N2O4/c25-13-16-5-7-17(8-6-16)18-9-11-20(12-10-18)30-15-19(27)14-26-23(28)21-3-1-2-4-22(21)24(26)29/h1-12,19,27H,14-15H2/t19-/m0/s1. The monoisotopic (exact) mass is 398 g/mol. The van der Waals surface area contributed by atoms with Gasteiger partial charge in [0.15, 0.2) is 0 Å². The molecule has 4 rings (SSSR count). The zero-order valence-corrected chi connectivity index (χ0v) is 16.0. The van der Waals surface area contributed by atoms with Crippen LogP contribution in [0.4, 0.5) is 0 Å². The van der Waals surface area contributed by atoms with Crippen LogP contribution in [-0.2, 0) is 0 Å². The molecule has 6 nitrogen and oxygen atoms in total. The van der Waals surface area contributed by atoms with Gasteiger partial charge < -0.3 is 9.84 Å². The van der Waals surface area contributed by atoms with E-state index >= 15 is 0 Å². The molecule has 30 heavy (non-hydrogen) atoms. The van der Waals surface area contributed by atoms with Crippen LogP contribution in [0.25, 0.3) is 11.1 Å². The van der Waals surface area contributed by atoms with Crippen LogP contribution in [-0.4, -0.2) is 41.1 Å². The zero-order chi connectivity index (χ0) is 21.1. The van der Waals surface area contributed by atoms with Crippen molar-refractivity contribution in [2.45, 2.75) is 6.10 Å². The molecule has 1 aliphatic heterocycles. The topological polar surface area (TPSA) is 90.6 Å². The first-order valence-electron chi connectivity index (χ1n) is 9.43. The highest BCUT2D eigenvalue weighted by Gasteiger charge is 2.36. The molecule has 0 spiro atoms. The summed E-state index contributed by atoms with van der Waals surface area (Å²) < 4.78 is 5.61. The summed E-state index contributed by atoms with van der Waals surface area (Å²) >= 11 is 0. The average molecular weight is 398 g/mol. The molecule has 2 amide bonds. The number of aliphatic hydroxyl groups excluding tert-OH is 1.